The van der Waals surface area contributed by atoms with Crippen LogP contribution in [-0.4, -0.2) is 9.91 Å². The van der Waals surface area contributed by atoms with Crippen molar-refractivity contribution in [2.24, 2.45) is 0 Å². The van der Waals surface area contributed by atoms with Gasteiger partial charge in [-0.2, -0.15) is 0 Å². The Labute approximate surface area is 114 Å². The van der Waals surface area contributed by atoms with Crippen molar-refractivity contribution in [3.63, 3.8) is 0 Å². The summed E-state index contributed by atoms with van der Waals surface area (Å²) in [4.78, 5) is 14.0. The fourth-order valence-corrected chi connectivity index (χ4v) is 1.71. The van der Waals surface area contributed by atoms with Gasteiger partial charge in [0.2, 0.25) is 5.82 Å². The summed E-state index contributed by atoms with van der Waals surface area (Å²) in [6.45, 7) is 0. The highest BCUT2D eigenvalue weighted by Crippen LogP contribution is 2.29. The van der Waals surface area contributed by atoms with Crippen molar-refractivity contribution < 1.29 is 13.7 Å². The van der Waals surface area contributed by atoms with Crippen molar-refractivity contribution in [1.82, 2.24) is 4.98 Å². The highest BCUT2D eigenvalue weighted by molar-refractivity contribution is 9.10. The Hall–Kier alpha value is -2.09. The highest BCUT2D eigenvalue weighted by atomic mass is 79.9. The fraction of sp³-hybridized carbons (Fsp3) is 0. The van der Waals surface area contributed by atoms with Crippen LogP contribution in [-0.2, 0) is 0 Å². The number of aromatic nitrogens is 1. The second kappa shape index (κ2) is 5.27. The molecule has 0 fully saturated rings. The summed E-state index contributed by atoms with van der Waals surface area (Å²) in [5, 5.41) is 13.3. The third kappa shape index (κ3) is 2.84. The van der Waals surface area contributed by atoms with Crippen LogP contribution in [0.15, 0.2) is 34.9 Å². The number of hydrogen-bond donors (Lipinski definition) is 1. The van der Waals surface area contributed by atoms with Crippen LogP contribution in [0.5, 0.6) is 0 Å². The van der Waals surface area contributed by atoms with Gasteiger partial charge in [-0.05, 0) is 28.1 Å². The largest absolute Gasteiger partial charge is 0.332 e. The maximum atomic E-state index is 13.5. The van der Waals surface area contributed by atoms with E-state index in [1.165, 1.54) is 24.4 Å². The number of halogens is 3. The quantitative estimate of drug-likeness (QED) is 0.687. The van der Waals surface area contributed by atoms with Gasteiger partial charge in [-0.1, -0.05) is 6.07 Å². The molecular weight excluding hydrogens is 324 g/mol. The molecule has 1 aromatic carbocycles. The molecule has 0 spiro atoms. The van der Waals surface area contributed by atoms with Gasteiger partial charge in [0.05, 0.1) is 10.6 Å². The first-order valence-corrected chi connectivity index (χ1v) is 5.79. The van der Waals surface area contributed by atoms with E-state index in [0.717, 1.165) is 6.07 Å². The lowest BCUT2D eigenvalue weighted by molar-refractivity contribution is -0.384. The Kier molecular flexibility index (Phi) is 3.70. The van der Waals surface area contributed by atoms with Gasteiger partial charge in [-0.15, -0.1) is 0 Å². The van der Waals surface area contributed by atoms with Gasteiger partial charge in [0.1, 0.15) is 0 Å². The van der Waals surface area contributed by atoms with Gasteiger partial charge < -0.3 is 5.32 Å². The van der Waals surface area contributed by atoms with Crippen LogP contribution in [0.25, 0.3) is 0 Å². The summed E-state index contributed by atoms with van der Waals surface area (Å²) in [5.41, 5.74) is -0.573. The van der Waals surface area contributed by atoms with E-state index in [-0.39, 0.29) is 17.2 Å². The van der Waals surface area contributed by atoms with E-state index < -0.39 is 16.6 Å². The second-order valence-electron chi connectivity index (χ2n) is 3.50. The molecule has 0 radical (unpaired) electrons. The summed E-state index contributed by atoms with van der Waals surface area (Å²) in [6.07, 6.45) is 1.31. The Morgan fingerprint density at radius 1 is 1.37 bits per heavy atom. The van der Waals surface area contributed by atoms with Crippen molar-refractivity contribution >= 4 is 33.1 Å². The molecular formula is C11H6BrF2N3O2. The Balaban J connectivity index is 2.44. The van der Waals surface area contributed by atoms with Crippen LogP contribution >= 0.6 is 15.9 Å². The molecule has 98 valence electrons. The summed E-state index contributed by atoms with van der Waals surface area (Å²) >= 11 is 3.05. The lowest BCUT2D eigenvalue weighted by Crippen LogP contribution is -2.02. The Morgan fingerprint density at radius 2 is 2.11 bits per heavy atom. The van der Waals surface area contributed by atoms with Crippen LogP contribution in [0.4, 0.5) is 26.0 Å². The first-order valence-electron chi connectivity index (χ1n) is 5.00. The SMILES string of the molecule is O=[N+]([O-])c1cc(Br)cnc1Nc1cccc(F)c1F. The molecule has 2 aromatic rings. The maximum absolute atomic E-state index is 13.5. The van der Waals surface area contributed by atoms with E-state index in [4.69, 9.17) is 0 Å². The number of pyridine rings is 1. The van der Waals surface area contributed by atoms with Gasteiger partial charge in [0.25, 0.3) is 0 Å². The molecule has 8 heteroatoms. The predicted molar refractivity (Wildman–Crippen MR) is 68.2 cm³/mol. The number of nitro groups is 1. The van der Waals surface area contributed by atoms with Crippen LogP contribution in [0, 0.1) is 21.7 Å². The molecule has 19 heavy (non-hydrogen) atoms. The Bertz CT molecular complexity index is 652. The monoisotopic (exact) mass is 329 g/mol. The topological polar surface area (TPSA) is 68.1 Å². The number of anilines is 2. The van der Waals surface area contributed by atoms with Crippen LogP contribution < -0.4 is 5.32 Å². The average Bonchev–Trinajstić information content (AvgIpc) is 2.36. The molecule has 1 N–H and O–H groups in total. The molecule has 0 bridgehead atoms. The molecule has 0 saturated heterocycles. The van der Waals surface area contributed by atoms with Crippen LogP contribution in [0.1, 0.15) is 0 Å². The first-order chi connectivity index (χ1) is 8.99. The van der Waals surface area contributed by atoms with E-state index >= 15 is 0 Å². The molecule has 0 saturated carbocycles. The first kappa shape index (κ1) is 13.3. The minimum absolute atomic E-state index is 0.169. The van der Waals surface area contributed by atoms with Crippen molar-refractivity contribution in [3.05, 3.63) is 56.7 Å². The van der Waals surface area contributed by atoms with E-state index in [9.17, 15) is 18.9 Å². The molecule has 1 aromatic heterocycles. The van der Waals surface area contributed by atoms with Gasteiger partial charge in [-0.25, -0.2) is 13.8 Å². The summed E-state index contributed by atoms with van der Waals surface area (Å²) in [6, 6.07) is 4.70. The highest BCUT2D eigenvalue weighted by Gasteiger charge is 2.18. The third-order valence-corrected chi connectivity index (χ3v) is 2.67. The number of benzene rings is 1. The van der Waals surface area contributed by atoms with Crippen LogP contribution in [0.2, 0.25) is 0 Å². The number of nitrogens with zero attached hydrogens (tertiary/aromatic N) is 2. The molecule has 0 aliphatic rings. The molecule has 5 nitrogen and oxygen atoms in total. The van der Waals surface area contributed by atoms with E-state index in [2.05, 4.69) is 26.2 Å². The van der Waals surface area contributed by atoms with E-state index in [1.807, 2.05) is 0 Å². The van der Waals surface area contributed by atoms with Crippen molar-refractivity contribution in [3.8, 4) is 0 Å². The molecule has 2 rings (SSSR count). The standard InChI is InChI=1S/C11H6BrF2N3O2/c12-6-4-9(17(18)19)11(15-5-6)16-8-3-1-2-7(13)10(8)14/h1-5H,(H,15,16). The smallest absolute Gasteiger partial charge is 0.312 e. The molecule has 1 heterocycles. The average molecular weight is 330 g/mol. The van der Waals surface area contributed by atoms with E-state index in [0.29, 0.717) is 4.47 Å². The fourth-order valence-electron chi connectivity index (χ4n) is 1.39. The normalized spacial score (nSPS) is 10.3. The maximum Gasteiger partial charge on any atom is 0.312 e. The minimum Gasteiger partial charge on any atom is -0.332 e. The van der Waals surface area contributed by atoms with Gasteiger partial charge in [-0.3, -0.25) is 10.1 Å². The molecule has 0 aliphatic carbocycles. The zero-order chi connectivity index (χ0) is 14.0. The second-order valence-corrected chi connectivity index (χ2v) is 4.42. The lowest BCUT2D eigenvalue weighted by Gasteiger charge is -2.07. The lowest BCUT2D eigenvalue weighted by atomic mass is 10.3. The predicted octanol–water partition coefficient (Wildman–Crippen LogP) is 3.77. The van der Waals surface area contributed by atoms with Crippen molar-refractivity contribution in [1.29, 1.82) is 0 Å². The number of rotatable bonds is 3. The third-order valence-electron chi connectivity index (χ3n) is 2.24. The Morgan fingerprint density at radius 3 is 2.79 bits per heavy atom. The van der Waals surface area contributed by atoms with E-state index in [1.54, 1.807) is 0 Å². The van der Waals surface area contributed by atoms with Crippen molar-refractivity contribution in [2.45, 2.75) is 0 Å². The zero-order valence-corrected chi connectivity index (χ0v) is 10.8. The van der Waals surface area contributed by atoms with Crippen molar-refractivity contribution in [2.75, 3.05) is 5.32 Å². The number of hydrogen-bond acceptors (Lipinski definition) is 4. The summed E-state index contributed by atoms with van der Waals surface area (Å²) in [7, 11) is 0. The molecule has 0 atom stereocenters. The minimum atomic E-state index is -1.12. The van der Waals surface area contributed by atoms with Gasteiger partial charge in [0.15, 0.2) is 11.6 Å². The molecule has 0 unspecified atom stereocenters. The molecule has 0 aliphatic heterocycles. The summed E-state index contributed by atoms with van der Waals surface area (Å²) < 4.78 is 26.9. The van der Waals surface area contributed by atoms with Crippen LogP contribution in [0.3, 0.4) is 0 Å². The summed E-state index contributed by atoms with van der Waals surface area (Å²) in [5.74, 6) is -2.34. The zero-order valence-electron chi connectivity index (χ0n) is 9.23. The van der Waals surface area contributed by atoms with Gasteiger partial charge >= 0.3 is 5.69 Å². The molecule has 0 amide bonds. The number of nitrogens with one attached hydrogen (secondary N) is 1. The van der Waals surface area contributed by atoms with Gasteiger partial charge in [0, 0.05) is 16.7 Å².